The molecule has 102 valence electrons. The van der Waals surface area contributed by atoms with E-state index in [0.29, 0.717) is 0 Å². The zero-order valence-electron chi connectivity index (χ0n) is 12.5. The molecule has 1 aromatic carbocycles. The summed E-state index contributed by atoms with van der Waals surface area (Å²) < 4.78 is 0. The Bertz CT molecular complexity index is 380. The molecular weight excluding hydrogens is 220 g/mol. The van der Waals surface area contributed by atoms with E-state index in [1.807, 2.05) is 0 Å². The van der Waals surface area contributed by atoms with Gasteiger partial charge in [-0.15, -0.1) is 0 Å². The molecule has 1 rings (SSSR count). The first kappa shape index (κ1) is 15.2. The maximum absolute atomic E-state index is 5.64. The number of rotatable bonds is 6. The van der Waals surface area contributed by atoms with Crippen LogP contribution in [0, 0.1) is 6.92 Å². The van der Waals surface area contributed by atoms with Crippen LogP contribution in [0.25, 0.3) is 0 Å². The average molecular weight is 248 g/mol. The molecule has 0 aliphatic heterocycles. The van der Waals surface area contributed by atoms with Crippen molar-refractivity contribution in [3.8, 4) is 0 Å². The van der Waals surface area contributed by atoms with Gasteiger partial charge in [-0.25, -0.2) is 0 Å². The van der Waals surface area contributed by atoms with Gasteiger partial charge in [0.25, 0.3) is 0 Å². The van der Waals surface area contributed by atoms with E-state index in [1.54, 1.807) is 0 Å². The first-order valence-electron chi connectivity index (χ1n) is 6.79. The fourth-order valence-electron chi connectivity index (χ4n) is 2.08. The summed E-state index contributed by atoms with van der Waals surface area (Å²) in [5.74, 6) is 0. The third kappa shape index (κ3) is 4.43. The van der Waals surface area contributed by atoms with Crippen LogP contribution in [-0.2, 0) is 5.41 Å². The Labute approximate surface area is 112 Å². The normalized spacial score (nSPS) is 12.8. The van der Waals surface area contributed by atoms with Crippen LogP contribution in [0.5, 0.6) is 0 Å². The molecule has 0 unspecified atom stereocenters. The molecule has 0 atom stereocenters. The molecule has 3 N–H and O–H groups in total. The second-order valence-electron chi connectivity index (χ2n) is 6.53. The molecule has 0 aliphatic rings. The molecule has 0 radical (unpaired) electrons. The third-order valence-corrected chi connectivity index (χ3v) is 3.58. The van der Waals surface area contributed by atoms with Gasteiger partial charge >= 0.3 is 0 Å². The summed E-state index contributed by atoms with van der Waals surface area (Å²) in [5, 5.41) is 3.64. The van der Waals surface area contributed by atoms with Crippen LogP contribution in [0.4, 0.5) is 0 Å². The van der Waals surface area contributed by atoms with Gasteiger partial charge in [-0.2, -0.15) is 0 Å². The highest BCUT2D eigenvalue weighted by Gasteiger charge is 2.24. The minimum Gasteiger partial charge on any atom is -0.330 e. The van der Waals surface area contributed by atoms with Crippen molar-refractivity contribution in [2.45, 2.75) is 52.0 Å². The zero-order valence-corrected chi connectivity index (χ0v) is 12.5. The Balaban J connectivity index is 2.70. The monoisotopic (exact) mass is 248 g/mol. The van der Waals surface area contributed by atoms with E-state index >= 15 is 0 Å². The molecule has 0 aromatic heterocycles. The largest absolute Gasteiger partial charge is 0.330 e. The van der Waals surface area contributed by atoms with E-state index in [1.165, 1.54) is 11.1 Å². The summed E-state index contributed by atoms with van der Waals surface area (Å²) in [5.41, 5.74) is 8.60. The number of nitrogens with one attached hydrogen (secondary N) is 1. The van der Waals surface area contributed by atoms with Gasteiger partial charge in [-0.3, -0.25) is 0 Å². The van der Waals surface area contributed by atoms with Crippen LogP contribution >= 0.6 is 0 Å². The number of hydrogen-bond acceptors (Lipinski definition) is 2. The lowest BCUT2D eigenvalue weighted by Gasteiger charge is -2.33. The molecule has 0 heterocycles. The van der Waals surface area contributed by atoms with Crippen molar-refractivity contribution in [2.24, 2.45) is 5.73 Å². The van der Waals surface area contributed by atoms with Crippen LogP contribution in [0.15, 0.2) is 24.3 Å². The summed E-state index contributed by atoms with van der Waals surface area (Å²) in [4.78, 5) is 0. The molecule has 2 heteroatoms. The summed E-state index contributed by atoms with van der Waals surface area (Å²) in [6, 6.07) is 8.77. The quantitative estimate of drug-likeness (QED) is 0.812. The molecule has 2 nitrogen and oxygen atoms in total. The van der Waals surface area contributed by atoms with Gasteiger partial charge in [0.2, 0.25) is 0 Å². The molecular formula is C16H28N2. The molecule has 0 bridgehead atoms. The molecule has 0 amide bonds. The van der Waals surface area contributed by atoms with Crippen molar-refractivity contribution >= 4 is 0 Å². The second-order valence-corrected chi connectivity index (χ2v) is 6.53. The number of benzene rings is 1. The Kier molecular flexibility index (Phi) is 4.94. The molecule has 0 fully saturated rings. The van der Waals surface area contributed by atoms with E-state index in [0.717, 1.165) is 19.5 Å². The molecule has 0 aliphatic carbocycles. The summed E-state index contributed by atoms with van der Waals surface area (Å²) in [7, 11) is 0. The van der Waals surface area contributed by atoms with E-state index < -0.39 is 0 Å². The Morgan fingerprint density at radius 3 is 2.39 bits per heavy atom. The van der Waals surface area contributed by atoms with Gasteiger partial charge in [-0.05, 0) is 39.3 Å². The molecule has 0 saturated heterocycles. The van der Waals surface area contributed by atoms with Crippen molar-refractivity contribution in [2.75, 3.05) is 13.1 Å². The summed E-state index contributed by atoms with van der Waals surface area (Å²) in [6.45, 7) is 12.8. The summed E-state index contributed by atoms with van der Waals surface area (Å²) in [6.07, 6.45) is 0.997. The van der Waals surface area contributed by atoms with Crippen molar-refractivity contribution in [3.63, 3.8) is 0 Å². The number of aryl methyl sites for hydroxylation is 1. The lowest BCUT2D eigenvalue weighted by Crippen LogP contribution is -2.46. The highest BCUT2D eigenvalue weighted by atomic mass is 15.0. The topological polar surface area (TPSA) is 38.0 Å². The van der Waals surface area contributed by atoms with Crippen LogP contribution in [0.2, 0.25) is 0 Å². The molecule has 1 aromatic rings. The average Bonchev–Trinajstić information content (AvgIpc) is 2.27. The predicted octanol–water partition coefficient (Wildman–Crippen LogP) is 2.99. The highest BCUT2D eigenvalue weighted by molar-refractivity contribution is 5.28. The Morgan fingerprint density at radius 2 is 1.83 bits per heavy atom. The van der Waals surface area contributed by atoms with Crippen molar-refractivity contribution in [1.82, 2.24) is 5.32 Å². The number of hydrogen-bond donors (Lipinski definition) is 2. The van der Waals surface area contributed by atoms with Crippen LogP contribution in [-0.4, -0.2) is 18.6 Å². The van der Waals surface area contributed by atoms with Crippen molar-refractivity contribution in [1.29, 1.82) is 0 Å². The van der Waals surface area contributed by atoms with Gasteiger partial charge in [-0.1, -0.05) is 43.7 Å². The lowest BCUT2D eigenvalue weighted by molar-refractivity contribution is 0.325. The fraction of sp³-hybridized carbons (Fsp3) is 0.625. The molecule has 18 heavy (non-hydrogen) atoms. The van der Waals surface area contributed by atoms with Crippen LogP contribution in [0.1, 0.15) is 45.2 Å². The minimum atomic E-state index is 0.107. The number of nitrogens with two attached hydrogens (primary N) is 1. The molecule has 0 spiro atoms. The van der Waals surface area contributed by atoms with Gasteiger partial charge in [0.05, 0.1) is 0 Å². The van der Waals surface area contributed by atoms with Crippen molar-refractivity contribution in [3.05, 3.63) is 35.4 Å². The first-order valence-corrected chi connectivity index (χ1v) is 6.79. The van der Waals surface area contributed by atoms with Crippen LogP contribution in [0.3, 0.4) is 0 Å². The third-order valence-electron chi connectivity index (χ3n) is 3.58. The maximum atomic E-state index is 5.64. The Morgan fingerprint density at radius 1 is 1.17 bits per heavy atom. The van der Waals surface area contributed by atoms with E-state index in [-0.39, 0.29) is 11.0 Å². The van der Waals surface area contributed by atoms with Crippen molar-refractivity contribution < 1.29 is 0 Å². The Hall–Kier alpha value is -0.860. The zero-order chi connectivity index (χ0) is 13.8. The first-order chi connectivity index (χ1) is 8.27. The fourth-order valence-corrected chi connectivity index (χ4v) is 2.08. The van der Waals surface area contributed by atoms with E-state index in [4.69, 9.17) is 5.73 Å². The smallest absolute Gasteiger partial charge is 0.0137 e. The SMILES string of the molecule is Cc1cccc(C(C)(C)CNC(C)(C)CCN)c1. The van der Waals surface area contributed by atoms with E-state index in [2.05, 4.69) is 64.2 Å². The van der Waals surface area contributed by atoms with Gasteiger partial charge < -0.3 is 11.1 Å². The predicted molar refractivity (Wildman–Crippen MR) is 80.0 cm³/mol. The van der Waals surface area contributed by atoms with Gasteiger partial charge in [0, 0.05) is 17.5 Å². The van der Waals surface area contributed by atoms with Gasteiger partial charge in [0.1, 0.15) is 0 Å². The minimum absolute atomic E-state index is 0.107. The maximum Gasteiger partial charge on any atom is 0.0137 e. The van der Waals surface area contributed by atoms with Crippen LogP contribution < -0.4 is 11.1 Å². The second kappa shape index (κ2) is 5.85. The summed E-state index contributed by atoms with van der Waals surface area (Å²) >= 11 is 0. The van der Waals surface area contributed by atoms with E-state index in [9.17, 15) is 0 Å². The highest BCUT2D eigenvalue weighted by Crippen LogP contribution is 2.24. The molecule has 0 saturated carbocycles. The van der Waals surface area contributed by atoms with Gasteiger partial charge in [0.15, 0.2) is 0 Å². The standard InChI is InChI=1S/C16H28N2/c1-13-7-6-8-14(11-13)15(2,3)12-18-16(4,5)9-10-17/h6-8,11,18H,9-10,12,17H2,1-5H3. The lowest BCUT2D eigenvalue weighted by atomic mass is 9.83.